The van der Waals surface area contributed by atoms with E-state index in [9.17, 15) is 4.21 Å². The normalized spacial score (nSPS) is 12.5. The first kappa shape index (κ1) is 10.8. The molecule has 84 valence electrons. The Morgan fingerprint density at radius 1 is 1.44 bits per heavy atom. The maximum absolute atomic E-state index is 11.9. The fourth-order valence-corrected chi connectivity index (χ4v) is 2.42. The van der Waals surface area contributed by atoms with Crippen molar-refractivity contribution in [3.63, 3.8) is 0 Å². The molecule has 0 aromatic carbocycles. The Labute approximate surface area is 95.8 Å². The number of aryl methyl sites for hydroxylation is 1. The molecule has 0 aliphatic rings. The molecule has 2 aromatic rings. The third kappa shape index (κ3) is 2.46. The molecule has 0 aliphatic heterocycles. The molecular formula is C10H12N4OS. The highest BCUT2D eigenvalue weighted by Crippen LogP contribution is 2.14. The van der Waals surface area contributed by atoms with E-state index in [1.54, 1.807) is 23.1 Å². The quantitative estimate of drug-likeness (QED) is 0.846. The van der Waals surface area contributed by atoms with Crippen molar-refractivity contribution in [2.75, 3.05) is 11.5 Å². The van der Waals surface area contributed by atoms with Crippen LogP contribution in [0, 0.1) is 0 Å². The molecule has 0 fully saturated rings. The standard InChI is InChI=1S/C10H12N4OS/c11-9-8-12-4-2-10(9)16(15)7-6-14-5-1-3-13-14/h1-5,8H,6-7,11H2. The molecular weight excluding hydrogens is 224 g/mol. The molecule has 0 bridgehead atoms. The SMILES string of the molecule is Nc1cnccc1S(=O)CCn1cccn1. The fraction of sp³-hybridized carbons (Fsp3) is 0.200. The van der Waals surface area contributed by atoms with Crippen LogP contribution >= 0.6 is 0 Å². The topological polar surface area (TPSA) is 73.8 Å². The largest absolute Gasteiger partial charge is 0.396 e. The highest BCUT2D eigenvalue weighted by molar-refractivity contribution is 7.85. The molecule has 6 heteroatoms. The first-order chi connectivity index (χ1) is 7.77. The maximum Gasteiger partial charge on any atom is 0.0664 e. The van der Waals surface area contributed by atoms with E-state index in [2.05, 4.69) is 10.1 Å². The van der Waals surface area contributed by atoms with Gasteiger partial charge in [-0.05, 0) is 12.1 Å². The molecule has 0 radical (unpaired) electrons. The number of rotatable bonds is 4. The molecule has 1 atom stereocenters. The number of pyridine rings is 1. The molecule has 0 saturated heterocycles. The summed E-state index contributed by atoms with van der Waals surface area (Å²) in [5.41, 5.74) is 6.17. The first-order valence-corrected chi connectivity index (χ1v) is 6.14. The molecule has 2 rings (SSSR count). The second-order valence-electron chi connectivity index (χ2n) is 3.23. The number of anilines is 1. The van der Waals surface area contributed by atoms with E-state index in [1.807, 2.05) is 12.3 Å². The number of nitrogen functional groups attached to an aromatic ring is 1. The van der Waals surface area contributed by atoms with Crippen LogP contribution in [0.2, 0.25) is 0 Å². The predicted molar refractivity (Wildman–Crippen MR) is 62.2 cm³/mol. The van der Waals surface area contributed by atoms with Gasteiger partial charge in [0.2, 0.25) is 0 Å². The highest BCUT2D eigenvalue weighted by Gasteiger charge is 2.07. The number of hydrogen-bond acceptors (Lipinski definition) is 4. The summed E-state index contributed by atoms with van der Waals surface area (Å²) in [7, 11) is -1.11. The van der Waals surface area contributed by atoms with E-state index in [-0.39, 0.29) is 0 Å². The van der Waals surface area contributed by atoms with Gasteiger partial charge in [-0.1, -0.05) is 0 Å². The van der Waals surface area contributed by atoms with Crippen molar-refractivity contribution in [1.82, 2.24) is 14.8 Å². The van der Waals surface area contributed by atoms with Gasteiger partial charge >= 0.3 is 0 Å². The second kappa shape index (κ2) is 4.89. The Bertz CT molecular complexity index is 483. The Morgan fingerprint density at radius 3 is 3.00 bits per heavy atom. The maximum atomic E-state index is 11.9. The van der Waals surface area contributed by atoms with Gasteiger partial charge in [0.1, 0.15) is 0 Å². The van der Waals surface area contributed by atoms with Crippen molar-refractivity contribution < 1.29 is 4.21 Å². The third-order valence-corrected chi connectivity index (χ3v) is 3.54. The Balaban J connectivity index is 2.01. The molecule has 2 heterocycles. The van der Waals surface area contributed by atoms with Gasteiger partial charge in [-0.2, -0.15) is 5.10 Å². The van der Waals surface area contributed by atoms with Gasteiger partial charge in [0.15, 0.2) is 0 Å². The third-order valence-electron chi connectivity index (χ3n) is 2.12. The summed E-state index contributed by atoms with van der Waals surface area (Å²) in [4.78, 5) is 4.50. The van der Waals surface area contributed by atoms with Crippen molar-refractivity contribution in [2.45, 2.75) is 11.4 Å². The molecule has 0 spiro atoms. The van der Waals surface area contributed by atoms with E-state index in [0.717, 1.165) is 0 Å². The van der Waals surface area contributed by atoms with E-state index < -0.39 is 10.8 Å². The summed E-state index contributed by atoms with van der Waals surface area (Å²) >= 11 is 0. The number of nitrogens with zero attached hydrogens (tertiary/aromatic N) is 3. The van der Waals surface area contributed by atoms with E-state index in [1.165, 1.54) is 6.20 Å². The average molecular weight is 236 g/mol. The molecule has 0 saturated carbocycles. The summed E-state index contributed by atoms with van der Waals surface area (Å²) in [6, 6.07) is 3.53. The molecule has 5 nitrogen and oxygen atoms in total. The summed E-state index contributed by atoms with van der Waals surface area (Å²) in [6.07, 6.45) is 6.65. The summed E-state index contributed by atoms with van der Waals surface area (Å²) in [6.45, 7) is 0.612. The number of aromatic nitrogens is 3. The molecule has 16 heavy (non-hydrogen) atoms. The smallest absolute Gasteiger partial charge is 0.0664 e. The lowest BCUT2D eigenvalue weighted by Gasteiger charge is -2.04. The van der Waals surface area contributed by atoms with Crippen LogP contribution in [0.1, 0.15) is 0 Å². The number of hydrogen-bond donors (Lipinski definition) is 1. The lowest BCUT2D eigenvalue weighted by atomic mass is 10.4. The monoisotopic (exact) mass is 236 g/mol. The number of nitrogens with two attached hydrogens (primary N) is 1. The predicted octanol–water partition coefficient (Wildman–Crippen LogP) is 0.668. The van der Waals surface area contributed by atoms with Crippen LogP contribution in [0.3, 0.4) is 0 Å². The minimum atomic E-state index is -1.11. The Kier molecular flexibility index (Phi) is 3.31. The lowest BCUT2D eigenvalue weighted by molar-refractivity contribution is 0.644. The zero-order chi connectivity index (χ0) is 11.4. The summed E-state index contributed by atoms with van der Waals surface area (Å²) in [5.74, 6) is 0.496. The summed E-state index contributed by atoms with van der Waals surface area (Å²) < 4.78 is 13.7. The van der Waals surface area contributed by atoms with Gasteiger partial charge in [0.05, 0.1) is 34.1 Å². The van der Waals surface area contributed by atoms with Crippen molar-refractivity contribution >= 4 is 16.5 Å². The van der Waals surface area contributed by atoms with Crippen LogP contribution in [0.25, 0.3) is 0 Å². The molecule has 0 aliphatic carbocycles. The van der Waals surface area contributed by atoms with Gasteiger partial charge in [-0.25, -0.2) is 0 Å². The van der Waals surface area contributed by atoms with Gasteiger partial charge in [-0.3, -0.25) is 13.9 Å². The van der Waals surface area contributed by atoms with Crippen LogP contribution in [0.4, 0.5) is 5.69 Å². The van der Waals surface area contributed by atoms with Crippen LogP contribution in [-0.4, -0.2) is 24.7 Å². The summed E-state index contributed by atoms with van der Waals surface area (Å²) in [5, 5.41) is 4.04. The first-order valence-electron chi connectivity index (χ1n) is 4.82. The van der Waals surface area contributed by atoms with E-state index in [0.29, 0.717) is 22.9 Å². The lowest BCUT2D eigenvalue weighted by Crippen LogP contribution is -2.09. The highest BCUT2D eigenvalue weighted by atomic mass is 32.2. The van der Waals surface area contributed by atoms with Crippen LogP contribution in [-0.2, 0) is 17.3 Å². The molecule has 2 aromatic heterocycles. The second-order valence-corrected chi connectivity index (χ2v) is 4.77. The Morgan fingerprint density at radius 2 is 2.31 bits per heavy atom. The van der Waals surface area contributed by atoms with Crippen LogP contribution in [0.15, 0.2) is 41.8 Å². The average Bonchev–Trinajstić information content (AvgIpc) is 2.79. The van der Waals surface area contributed by atoms with E-state index >= 15 is 0 Å². The fourth-order valence-electron chi connectivity index (χ4n) is 1.32. The van der Waals surface area contributed by atoms with Crippen molar-refractivity contribution in [3.05, 3.63) is 36.9 Å². The van der Waals surface area contributed by atoms with Gasteiger partial charge in [0.25, 0.3) is 0 Å². The molecule has 2 N–H and O–H groups in total. The van der Waals surface area contributed by atoms with Gasteiger partial charge in [0, 0.05) is 24.3 Å². The zero-order valence-corrected chi connectivity index (χ0v) is 9.43. The van der Waals surface area contributed by atoms with E-state index in [4.69, 9.17) is 5.73 Å². The zero-order valence-electron chi connectivity index (χ0n) is 8.61. The van der Waals surface area contributed by atoms with Gasteiger partial charge in [-0.15, -0.1) is 0 Å². The van der Waals surface area contributed by atoms with Crippen molar-refractivity contribution in [2.24, 2.45) is 0 Å². The molecule has 1 unspecified atom stereocenters. The van der Waals surface area contributed by atoms with Crippen LogP contribution < -0.4 is 5.73 Å². The van der Waals surface area contributed by atoms with Crippen molar-refractivity contribution in [1.29, 1.82) is 0 Å². The van der Waals surface area contributed by atoms with Gasteiger partial charge < -0.3 is 5.73 Å². The minimum Gasteiger partial charge on any atom is -0.396 e. The molecule has 0 amide bonds. The van der Waals surface area contributed by atoms with Crippen molar-refractivity contribution in [3.8, 4) is 0 Å². The van der Waals surface area contributed by atoms with Crippen LogP contribution in [0.5, 0.6) is 0 Å². The minimum absolute atomic E-state index is 0.473. The Hall–Kier alpha value is -1.69.